The van der Waals surface area contributed by atoms with Gasteiger partial charge in [-0.25, -0.2) is 14.1 Å². The van der Waals surface area contributed by atoms with E-state index in [0.717, 1.165) is 24.8 Å². The number of aliphatic hydroxyl groups excluding tert-OH is 1. The summed E-state index contributed by atoms with van der Waals surface area (Å²) in [6, 6.07) is 3.57. The van der Waals surface area contributed by atoms with Gasteiger partial charge in [0.1, 0.15) is 18.5 Å². The van der Waals surface area contributed by atoms with E-state index in [2.05, 4.69) is 20.3 Å². The van der Waals surface area contributed by atoms with Gasteiger partial charge in [0.05, 0.1) is 30.8 Å². The molecule has 4 rings (SSSR count). The standard InChI is InChI=1S/C19H21FN6O2/c20-18-15(16-8-23-17(21)9-22-16)5-4-14(12-2-1-3-12)19(18)28-11-13(27)10-26-7-6-24-25-26/h4-9,12-13,27H,1-3,10-11H2,(H2,21,23). The summed E-state index contributed by atoms with van der Waals surface area (Å²) in [7, 11) is 0. The van der Waals surface area contributed by atoms with E-state index in [1.807, 2.05) is 6.07 Å². The van der Waals surface area contributed by atoms with Gasteiger partial charge in [-0.3, -0.25) is 4.98 Å². The quantitative estimate of drug-likeness (QED) is 0.642. The number of hydrogen-bond donors (Lipinski definition) is 2. The van der Waals surface area contributed by atoms with Gasteiger partial charge in [-0.15, -0.1) is 5.10 Å². The van der Waals surface area contributed by atoms with Gasteiger partial charge in [0.15, 0.2) is 11.6 Å². The molecule has 2 heterocycles. The van der Waals surface area contributed by atoms with Crippen LogP contribution in [-0.4, -0.2) is 42.8 Å². The zero-order valence-electron chi connectivity index (χ0n) is 15.2. The molecule has 0 aliphatic heterocycles. The molecule has 1 aliphatic carbocycles. The van der Waals surface area contributed by atoms with Crippen molar-refractivity contribution in [1.82, 2.24) is 25.0 Å². The zero-order valence-corrected chi connectivity index (χ0v) is 15.2. The van der Waals surface area contributed by atoms with E-state index in [9.17, 15) is 5.11 Å². The summed E-state index contributed by atoms with van der Waals surface area (Å²) in [4.78, 5) is 8.13. The first-order chi connectivity index (χ1) is 13.6. The lowest BCUT2D eigenvalue weighted by Gasteiger charge is -2.28. The maximum Gasteiger partial charge on any atom is 0.174 e. The summed E-state index contributed by atoms with van der Waals surface area (Å²) in [5.41, 5.74) is 7.05. The van der Waals surface area contributed by atoms with Crippen molar-refractivity contribution in [3.63, 3.8) is 0 Å². The number of hydrogen-bond acceptors (Lipinski definition) is 7. The second-order valence-corrected chi connectivity index (χ2v) is 6.89. The lowest BCUT2D eigenvalue weighted by atomic mass is 9.79. The van der Waals surface area contributed by atoms with Crippen LogP contribution < -0.4 is 10.5 Å². The minimum absolute atomic E-state index is 0.0621. The molecule has 0 amide bonds. The summed E-state index contributed by atoms with van der Waals surface area (Å²) >= 11 is 0. The van der Waals surface area contributed by atoms with Crippen molar-refractivity contribution < 1.29 is 14.2 Å². The maximum absolute atomic E-state index is 15.3. The SMILES string of the molecule is Nc1cnc(-c2ccc(C3CCC3)c(OCC(O)Cn3ccnn3)c2F)cn1. The Morgan fingerprint density at radius 3 is 2.79 bits per heavy atom. The molecule has 1 saturated carbocycles. The minimum Gasteiger partial charge on any atom is -0.487 e. The molecule has 0 saturated heterocycles. The number of rotatable bonds is 7. The van der Waals surface area contributed by atoms with Crippen LogP contribution in [0.3, 0.4) is 0 Å². The summed E-state index contributed by atoms with van der Waals surface area (Å²) in [6.45, 7) is 0.150. The Labute approximate surface area is 161 Å². The number of benzene rings is 1. The number of aliphatic hydroxyl groups is 1. The first-order valence-corrected chi connectivity index (χ1v) is 9.17. The van der Waals surface area contributed by atoms with Gasteiger partial charge in [0.2, 0.25) is 0 Å². The Morgan fingerprint density at radius 2 is 2.14 bits per heavy atom. The van der Waals surface area contributed by atoms with Crippen LogP contribution in [0.25, 0.3) is 11.3 Å². The van der Waals surface area contributed by atoms with E-state index >= 15 is 4.39 Å². The minimum atomic E-state index is -0.852. The van der Waals surface area contributed by atoms with Crippen LogP contribution >= 0.6 is 0 Å². The Morgan fingerprint density at radius 1 is 1.29 bits per heavy atom. The van der Waals surface area contributed by atoms with Crippen LogP contribution in [0.2, 0.25) is 0 Å². The van der Waals surface area contributed by atoms with E-state index in [1.165, 1.54) is 23.3 Å². The van der Waals surface area contributed by atoms with Crippen molar-refractivity contribution in [3.05, 3.63) is 48.3 Å². The Hall–Kier alpha value is -3.07. The molecule has 2 aromatic heterocycles. The molecular formula is C19H21FN6O2. The highest BCUT2D eigenvalue weighted by Gasteiger charge is 2.27. The first kappa shape index (κ1) is 18.3. The molecule has 0 spiro atoms. The highest BCUT2D eigenvalue weighted by atomic mass is 19.1. The third-order valence-electron chi connectivity index (χ3n) is 4.91. The third-order valence-corrected chi connectivity index (χ3v) is 4.91. The smallest absolute Gasteiger partial charge is 0.174 e. The van der Waals surface area contributed by atoms with Gasteiger partial charge in [0.25, 0.3) is 0 Å². The van der Waals surface area contributed by atoms with Gasteiger partial charge in [0, 0.05) is 17.3 Å². The predicted octanol–water partition coefficient (Wildman–Crippen LogP) is 2.16. The predicted molar refractivity (Wildman–Crippen MR) is 100.0 cm³/mol. The molecule has 28 heavy (non-hydrogen) atoms. The van der Waals surface area contributed by atoms with Crippen molar-refractivity contribution in [2.45, 2.75) is 37.8 Å². The zero-order chi connectivity index (χ0) is 19.5. The molecule has 1 atom stereocenters. The average molecular weight is 384 g/mol. The Balaban J connectivity index is 1.59. The van der Waals surface area contributed by atoms with Gasteiger partial charge in [-0.2, -0.15) is 0 Å². The highest BCUT2D eigenvalue weighted by Crippen LogP contribution is 2.43. The molecule has 3 aromatic rings. The number of halogens is 1. The number of anilines is 1. The van der Waals surface area contributed by atoms with Gasteiger partial charge in [-0.1, -0.05) is 17.7 Å². The van der Waals surface area contributed by atoms with E-state index in [-0.39, 0.29) is 36.2 Å². The normalized spacial score (nSPS) is 15.2. The van der Waals surface area contributed by atoms with Crippen molar-refractivity contribution >= 4 is 5.82 Å². The molecule has 1 aliphatic rings. The lowest BCUT2D eigenvalue weighted by Crippen LogP contribution is -2.25. The van der Waals surface area contributed by atoms with Crippen LogP contribution in [0, 0.1) is 5.82 Å². The second kappa shape index (κ2) is 7.89. The van der Waals surface area contributed by atoms with Crippen molar-refractivity contribution in [1.29, 1.82) is 0 Å². The summed E-state index contributed by atoms with van der Waals surface area (Å²) in [5, 5.41) is 17.7. The Bertz CT molecular complexity index is 928. The number of nitrogens with two attached hydrogens (primary N) is 1. The molecule has 8 nitrogen and oxygen atoms in total. The van der Waals surface area contributed by atoms with Crippen LogP contribution in [0.4, 0.5) is 10.2 Å². The van der Waals surface area contributed by atoms with Crippen LogP contribution in [0.1, 0.15) is 30.7 Å². The van der Waals surface area contributed by atoms with E-state index in [4.69, 9.17) is 10.5 Å². The molecule has 146 valence electrons. The summed E-state index contributed by atoms with van der Waals surface area (Å²) in [6.07, 6.45) is 8.25. The monoisotopic (exact) mass is 384 g/mol. The van der Waals surface area contributed by atoms with Gasteiger partial charge in [-0.05, 0) is 24.8 Å². The van der Waals surface area contributed by atoms with E-state index in [0.29, 0.717) is 5.69 Å². The molecule has 3 N–H and O–H groups in total. The van der Waals surface area contributed by atoms with Gasteiger partial charge < -0.3 is 15.6 Å². The first-order valence-electron chi connectivity index (χ1n) is 9.17. The second-order valence-electron chi connectivity index (χ2n) is 6.89. The fourth-order valence-electron chi connectivity index (χ4n) is 3.21. The lowest BCUT2D eigenvalue weighted by molar-refractivity contribution is 0.0859. The fourth-order valence-corrected chi connectivity index (χ4v) is 3.21. The number of aromatic nitrogens is 5. The Kier molecular flexibility index (Phi) is 5.16. The van der Waals surface area contributed by atoms with E-state index < -0.39 is 11.9 Å². The van der Waals surface area contributed by atoms with Gasteiger partial charge >= 0.3 is 0 Å². The number of nitrogens with zero attached hydrogens (tertiary/aromatic N) is 5. The molecule has 1 fully saturated rings. The van der Waals surface area contributed by atoms with Crippen molar-refractivity contribution in [2.24, 2.45) is 0 Å². The van der Waals surface area contributed by atoms with Crippen molar-refractivity contribution in [3.8, 4) is 17.0 Å². The topological polar surface area (TPSA) is 112 Å². The molecule has 9 heteroatoms. The summed E-state index contributed by atoms with van der Waals surface area (Å²) < 4.78 is 22.6. The molecular weight excluding hydrogens is 363 g/mol. The number of nitrogen functional groups attached to an aromatic ring is 1. The fraction of sp³-hybridized carbons (Fsp3) is 0.368. The van der Waals surface area contributed by atoms with E-state index in [1.54, 1.807) is 12.3 Å². The maximum atomic E-state index is 15.3. The molecule has 1 aromatic carbocycles. The summed E-state index contributed by atoms with van der Waals surface area (Å²) in [5.74, 6) is 0.196. The molecule has 0 radical (unpaired) electrons. The number of ether oxygens (including phenoxy) is 1. The van der Waals surface area contributed by atoms with Crippen LogP contribution in [-0.2, 0) is 6.54 Å². The average Bonchev–Trinajstić information content (AvgIpc) is 3.14. The third kappa shape index (κ3) is 3.79. The molecule has 0 bridgehead atoms. The van der Waals surface area contributed by atoms with Crippen LogP contribution in [0.15, 0.2) is 36.9 Å². The highest BCUT2D eigenvalue weighted by molar-refractivity contribution is 5.64. The van der Waals surface area contributed by atoms with Crippen LogP contribution in [0.5, 0.6) is 5.75 Å². The molecule has 1 unspecified atom stereocenters. The van der Waals surface area contributed by atoms with Crippen molar-refractivity contribution in [2.75, 3.05) is 12.3 Å². The largest absolute Gasteiger partial charge is 0.487 e.